The third-order valence-corrected chi connectivity index (χ3v) is 5.28. The zero-order chi connectivity index (χ0) is 24.7. The van der Waals surface area contributed by atoms with Gasteiger partial charge in [0, 0.05) is 32.1 Å². The molecule has 2 rings (SSSR count). The third-order valence-electron chi connectivity index (χ3n) is 4.95. The zero-order valence-electron chi connectivity index (χ0n) is 20.3. The maximum atomic E-state index is 11.8. The second-order valence-electron chi connectivity index (χ2n) is 10.3. The Morgan fingerprint density at radius 1 is 0.781 bits per heavy atom. The van der Waals surface area contributed by atoms with E-state index in [1.807, 2.05) is 41.5 Å². The summed E-state index contributed by atoms with van der Waals surface area (Å²) in [7, 11) is 0. The van der Waals surface area contributed by atoms with E-state index in [9.17, 15) is 14.4 Å². The van der Waals surface area contributed by atoms with Gasteiger partial charge in [0.05, 0.1) is 10.9 Å². The number of nitrogens with zero attached hydrogens (tertiary/aromatic N) is 2. The summed E-state index contributed by atoms with van der Waals surface area (Å²) in [5.41, 5.74) is 9.89. The van der Waals surface area contributed by atoms with Crippen LogP contribution in [0.15, 0.2) is 0 Å². The molecule has 2 saturated heterocycles. The first kappa shape index (κ1) is 27.9. The number of hydrogen-bond acceptors (Lipinski definition) is 6. The minimum absolute atomic E-state index is 0.135. The molecule has 0 aromatic rings. The molecule has 2 aliphatic heterocycles. The third kappa shape index (κ3) is 10.5. The van der Waals surface area contributed by atoms with E-state index in [0.29, 0.717) is 24.6 Å². The second kappa shape index (κ2) is 11.7. The fourth-order valence-corrected chi connectivity index (χ4v) is 3.60. The smallest absolute Gasteiger partial charge is 0.410 e. The molecule has 0 saturated carbocycles. The number of thiocarbonyl (C=S) groups is 1. The van der Waals surface area contributed by atoms with Gasteiger partial charge in [-0.15, -0.1) is 0 Å². The highest BCUT2D eigenvalue weighted by molar-refractivity contribution is 7.80. The Hall–Kier alpha value is -2.10. The van der Waals surface area contributed by atoms with E-state index in [1.165, 1.54) is 0 Å². The summed E-state index contributed by atoms with van der Waals surface area (Å²) in [4.78, 5) is 38.3. The van der Waals surface area contributed by atoms with Crippen LogP contribution >= 0.6 is 12.2 Å². The molecule has 0 aromatic carbocycles. The van der Waals surface area contributed by atoms with Crippen molar-refractivity contribution in [2.75, 3.05) is 26.2 Å². The molecule has 10 heteroatoms. The summed E-state index contributed by atoms with van der Waals surface area (Å²) >= 11 is 4.96. The molecular weight excluding hydrogens is 432 g/mol. The van der Waals surface area contributed by atoms with Crippen LogP contribution in [0.25, 0.3) is 0 Å². The van der Waals surface area contributed by atoms with Gasteiger partial charge in [0.25, 0.3) is 0 Å². The summed E-state index contributed by atoms with van der Waals surface area (Å²) in [6.45, 7) is 13.4. The average Bonchev–Trinajstić information content (AvgIpc) is 2.66. The van der Waals surface area contributed by atoms with E-state index in [2.05, 4.69) is 0 Å². The van der Waals surface area contributed by atoms with Crippen molar-refractivity contribution < 1.29 is 23.9 Å². The van der Waals surface area contributed by atoms with Crippen LogP contribution in [-0.2, 0) is 14.3 Å². The van der Waals surface area contributed by atoms with Gasteiger partial charge in [-0.25, -0.2) is 9.59 Å². The molecule has 4 N–H and O–H groups in total. The highest BCUT2D eigenvalue weighted by Crippen LogP contribution is 2.20. The summed E-state index contributed by atoms with van der Waals surface area (Å²) in [5.74, 6) is -0.439. The van der Waals surface area contributed by atoms with Crippen molar-refractivity contribution in [3.63, 3.8) is 0 Å². The number of primary amides is 1. The van der Waals surface area contributed by atoms with Gasteiger partial charge in [0.15, 0.2) is 0 Å². The predicted molar refractivity (Wildman–Crippen MR) is 127 cm³/mol. The van der Waals surface area contributed by atoms with Crippen molar-refractivity contribution in [2.45, 2.75) is 78.4 Å². The van der Waals surface area contributed by atoms with Gasteiger partial charge < -0.3 is 30.7 Å². The largest absolute Gasteiger partial charge is 0.444 e. The molecule has 3 amide bonds. The number of piperidine rings is 2. The topological polar surface area (TPSA) is 128 Å². The number of nitrogens with two attached hydrogens (primary N) is 2. The first-order valence-corrected chi connectivity index (χ1v) is 11.5. The van der Waals surface area contributed by atoms with E-state index >= 15 is 0 Å². The van der Waals surface area contributed by atoms with Crippen LogP contribution in [0.2, 0.25) is 0 Å². The van der Waals surface area contributed by atoms with Crippen LogP contribution in [0.3, 0.4) is 0 Å². The monoisotopic (exact) mass is 472 g/mol. The number of likely N-dealkylation sites (tertiary alicyclic amines) is 2. The molecule has 2 atom stereocenters. The van der Waals surface area contributed by atoms with Crippen molar-refractivity contribution in [3.05, 3.63) is 0 Å². The first-order valence-electron chi connectivity index (χ1n) is 11.1. The molecule has 2 fully saturated rings. The Morgan fingerprint density at radius 2 is 1.16 bits per heavy atom. The fourth-order valence-electron chi connectivity index (χ4n) is 3.40. The van der Waals surface area contributed by atoms with Crippen LogP contribution in [-0.4, -0.2) is 70.3 Å². The number of hydrogen-bond donors (Lipinski definition) is 2. The standard InChI is InChI=1S/C11H20N2O3.C11H20N2O2S/c1-11(2,3)16-10(15)13-6-4-5-8(7-13)9(12)14;1-11(2,3)15-10(14)13-6-4-5-8(7-13)9(12)16/h8H,4-7H2,1-3H3,(H2,12,14);8H,4-7H2,1-3H3,(H2,12,16). The lowest BCUT2D eigenvalue weighted by Gasteiger charge is -2.33. The lowest BCUT2D eigenvalue weighted by Crippen LogP contribution is -2.45. The molecule has 0 bridgehead atoms. The van der Waals surface area contributed by atoms with E-state index in [1.54, 1.807) is 9.80 Å². The highest BCUT2D eigenvalue weighted by atomic mass is 32.1. The molecule has 0 spiro atoms. The summed E-state index contributed by atoms with van der Waals surface area (Å²) in [6, 6.07) is 0. The minimum atomic E-state index is -0.503. The molecule has 0 radical (unpaired) electrons. The first-order chi connectivity index (χ1) is 14.6. The Balaban J connectivity index is 0.000000320. The maximum Gasteiger partial charge on any atom is 0.410 e. The van der Waals surface area contributed by atoms with E-state index in [4.69, 9.17) is 33.2 Å². The molecule has 0 aliphatic carbocycles. The number of carbonyl (C=O) groups is 3. The molecular formula is C22H40N4O5S. The quantitative estimate of drug-likeness (QED) is 0.591. The van der Waals surface area contributed by atoms with Crippen molar-refractivity contribution in [2.24, 2.45) is 23.3 Å². The zero-order valence-corrected chi connectivity index (χ0v) is 21.1. The van der Waals surface area contributed by atoms with E-state index in [-0.39, 0.29) is 29.9 Å². The van der Waals surface area contributed by atoms with E-state index in [0.717, 1.165) is 32.2 Å². The van der Waals surface area contributed by atoms with Gasteiger partial charge in [-0.3, -0.25) is 4.79 Å². The van der Waals surface area contributed by atoms with Gasteiger partial charge in [-0.05, 0) is 67.2 Å². The van der Waals surface area contributed by atoms with Crippen LogP contribution < -0.4 is 11.5 Å². The molecule has 32 heavy (non-hydrogen) atoms. The number of rotatable bonds is 2. The Kier molecular flexibility index (Phi) is 10.2. The molecule has 2 aliphatic rings. The second-order valence-corrected chi connectivity index (χ2v) is 10.8. The summed E-state index contributed by atoms with van der Waals surface area (Å²) in [6.07, 6.45) is 2.82. The molecule has 9 nitrogen and oxygen atoms in total. The number of ether oxygens (including phenoxy) is 2. The lowest BCUT2D eigenvalue weighted by molar-refractivity contribution is -0.123. The molecule has 184 valence electrons. The lowest BCUT2D eigenvalue weighted by atomic mass is 9.98. The SMILES string of the molecule is CC(C)(C)OC(=O)N1CCCC(C(N)=O)C1.CC(C)(C)OC(=O)N1CCCC(C(N)=S)C1. The van der Waals surface area contributed by atoms with Gasteiger partial charge in [-0.2, -0.15) is 0 Å². The summed E-state index contributed by atoms with van der Waals surface area (Å²) < 4.78 is 10.5. The van der Waals surface area contributed by atoms with Gasteiger partial charge in [-0.1, -0.05) is 12.2 Å². The fraction of sp³-hybridized carbons (Fsp3) is 0.818. The van der Waals surface area contributed by atoms with Crippen LogP contribution in [0.5, 0.6) is 0 Å². The van der Waals surface area contributed by atoms with E-state index < -0.39 is 11.2 Å². The minimum Gasteiger partial charge on any atom is -0.444 e. The van der Waals surface area contributed by atoms with Gasteiger partial charge in [0.1, 0.15) is 11.2 Å². The van der Waals surface area contributed by atoms with Crippen molar-refractivity contribution in [3.8, 4) is 0 Å². The summed E-state index contributed by atoms with van der Waals surface area (Å²) in [5, 5.41) is 0. The average molecular weight is 473 g/mol. The Labute approximate surface area is 197 Å². The van der Waals surface area contributed by atoms with Crippen molar-refractivity contribution in [1.29, 1.82) is 0 Å². The van der Waals surface area contributed by atoms with Crippen molar-refractivity contribution >= 4 is 35.3 Å². The Morgan fingerprint density at radius 3 is 1.50 bits per heavy atom. The van der Waals surface area contributed by atoms with Crippen LogP contribution in [0.4, 0.5) is 9.59 Å². The predicted octanol–water partition coefficient (Wildman–Crippen LogP) is 3.04. The number of carbonyl (C=O) groups excluding carboxylic acids is 3. The highest BCUT2D eigenvalue weighted by Gasteiger charge is 2.30. The van der Waals surface area contributed by atoms with Crippen LogP contribution in [0, 0.1) is 11.8 Å². The maximum absolute atomic E-state index is 11.8. The molecule has 2 heterocycles. The normalized spacial score (nSPS) is 21.7. The van der Waals surface area contributed by atoms with Crippen LogP contribution in [0.1, 0.15) is 67.2 Å². The number of amides is 3. The van der Waals surface area contributed by atoms with Gasteiger partial charge in [0.2, 0.25) is 5.91 Å². The molecule has 0 aromatic heterocycles. The molecule has 2 unspecified atom stereocenters. The van der Waals surface area contributed by atoms with Crippen molar-refractivity contribution in [1.82, 2.24) is 9.80 Å². The Bertz CT molecular complexity index is 629. The van der Waals surface area contributed by atoms with Gasteiger partial charge >= 0.3 is 12.2 Å².